The van der Waals surface area contributed by atoms with Crippen LogP contribution in [0.15, 0.2) is 24.3 Å². The average Bonchev–Trinajstić information content (AvgIpc) is 2.52. The molecule has 0 amide bonds. The molecule has 1 aromatic carbocycles. The van der Waals surface area contributed by atoms with Gasteiger partial charge in [-0.1, -0.05) is 32.0 Å². The minimum atomic E-state index is -0.266. The van der Waals surface area contributed by atoms with Gasteiger partial charge in [0, 0.05) is 24.2 Å². The van der Waals surface area contributed by atoms with E-state index in [1.807, 2.05) is 13.8 Å². The normalized spacial score (nSPS) is 16.2. The van der Waals surface area contributed by atoms with E-state index in [0.29, 0.717) is 0 Å². The number of hydrogen-bond donors (Lipinski definition) is 0. The fraction of sp³-hybridized carbons (Fsp3) is 0.533. The maximum Gasteiger partial charge on any atom is 0.127 e. The maximum atomic E-state index is 11.1. The van der Waals surface area contributed by atoms with Gasteiger partial charge in [-0.05, 0) is 30.9 Å². The smallest absolute Gasteiger partial charge is 0.127 e. The van der Waals surface area contributed by atoms with Crippen molar-refractivity contribution in [1.29, 1.82) is 0 Å². The molecule has 0 saturated heterocycles. The van der Waals surface area contributed by atoms with Crippen LogP contribution in [0.25, 0.3) is 0 Å². The van der Waals surface area contributed by atoms with Crippen LogP contribution in [0.5, 0.6) is 0 Å². The summed E-state index contributed by atoms with van der Waals surface area (Å²) in [5, 5.41) is 0. The molecule has 0 radical (unpaired) electrons. The zero-order valence-corrected chi connectivity index (χ0v) is 10.8. The minimum absolute atomic E-state index is 0.266. The van der Waals surface area contributed by atoms with E-state index in [-0.39, 0.29) is 5.41 Å². The first kappa shape index (κ1) is 12.2. The second-order valence-corrected chi connectivity index (χ2v) is 5.61. The van der Waals surface area contributed by atoms with Gasteiger partial charge in [0.25, 0.3) is 0 Å². The Kier molecular flexibility index (Phi) is 3.51. The van der Waals surface area contributed by atoms with Gasteiger partial charge >= 0.3 is 0 Å². The highest BCUT2D eigenvalue weighted by Gasteiger charge is 2.23. The first-order valence-electron chi connectivity index (χ1n) is 6.41. The molecule has 0 N–H and O–H groups in total. The Bertz CT molecular complexity index is 398. The summed E-state index contributed by atoms with van der Waals surface area (Å²) in [7, 11) is 0. The summed E-state index contributed by atoms with van der Waals surface area (Å²) >= 11 is 0. The minimum Gasteiger partial charge on any atom is -0.370 e. The number of para-hydroxylation sites is 1. The van der Waals surface area contributed by atoms with Crippen LogP contribution >= 0.6 is 0 Å². The highest BCUT2D eigenvalue weighted by Crippen LogP contribution is 2.28. The predicted molar refractivity (Wildman–Crippen MR) is 71.4 cm³/mol. The van der Waals surface area contributed by atoms with Crippen LogP contribution < -0.4 is 4.90 Å². The molecule has 0 unspecified atom stereocenters. The number of carbonyl (C=O) groups is 1. The van der Waals surface area contributed by atoms with Gasteiger partial charge < -0.3 is 9.69 Å². The zero-order chi connectivity index (χ0) is 12.3. The van der Waals surface area contributed by atoms with E-state index < -0.39 is 0 Å². The van der Waals surface area contributed by atoms with E-state index in [1.165, 1.54) is 24.1 Å². The van der Waals surface area contributed by atoms with Gasteiger partial charge in [-0.25, -0.2) is 0 Å². The molecule has 2 heteroatoms. The third kappa shape index (κ3) is 2.87. The van der Waals surface area contributed by atoms with E-state index >= 15 is 0 Å². The second kappa shape index (κ2) is 4.91. The number of nitrogens with zero attached hydrogens (tertiary/aromatic N) is 1. The van der Waals surface area contributed by atoms with Crippen LogP contribution in [0.3, 0.4) is 0 Å². The van der Waals surface area contributed by atoms with Crippen molar-refractivity contribution in [2.45, 2.75) is 33.1 Å². The van der Waals surface area contributed by atoms with Gasteiger partial charge in [0.05, 0.1) is 0 Å². The average molecular weight is 231 g/mol. The first-order chi connectivity index (χ1) is 8.12. The summed E-state index contributed by atoms with van der Waals surface area (Å²) in [5.74, 6) is 0. The molecule has 1 heterocycles. The molecule has 0 aromatic heterocycles. The van der Waals surface area contributed by atoms with E-state index in [4.69, 9.17) is 0 Å². The Morgan fingerprint density at radius 1 is 1.29 bits per heavy atom. The molecule has 1 aromatic rings. The lowest BCUT2D eigenvalue weighted by Gasteiger charge is -2.31. The summed E-state index contributed by atoms with van der Waals surface area (Å²) in [6.45, 7) is 5.89. The highest BCUT2D eigenvalue weighted by molar-refractivity contribution is 5.61. The molecule has 0 saturated carbocycles. The number of benzene rings is 1. The van der Waals surface area contributed by atoms with Crippen molar-refractivity contribution in [3.8, 4) is 0 Å². The molecule has 2 nitrogen and oxygen atoms in total. The van der Waals surface area contributed by atoms with Crippen LogP contribution in [0.1, 0.15) is 32.3 Å². The van der Waals surface area contributed by atoms with Crippen molar-refractivity contribution in [1.82, 2.24) is 0 Å². The second-order valence-electron chi connectivity index (χ2n) is 5.61. The summed E-state index contributed by atoms with van der Waals surface area (Å²) < 4.78 is 0. The van der Waals surface area contributed by atoms with E-state index in [9.17, 15) is 4.79 Å². The fourth-order valence-corrected chi connectivity index (χ4v) is 2.46. The summed E-state index contributed by atoms with van der Waals surface area (Å²) in [5.41, 5.74) is 2.48. The number of rotatable bonds is 3. The molecule has 0 aliphatic carbocycles. The van der Waals surface area contributed by atoms with Gasteiger partial charge in [-0.15, -0.1) is 0 Å². The fourth-order valence-electron chi connectivity index (χ4n) is 2.46. The summed E-state index contributed by atoms with van der Waals surface area (Å²) in [6.07, 6.45) is 4.69. The monoisotopic (exact) mass is 231 g/mol. The molecule has 1 aliphatic rings. The molecule has 0 bridgehead atoms. The number of aldehydes is 1. The van der Waals surface area contributed by atoms with Crippen molar-refractivity contribution in [3.63, 3.8) is 0 Å². The van der Waals surface area contributed by atoms with Crippen LogP contribution in [-0.4, -0.2) is 19.4 Å². The molecule has 2 rings (SSSR count). The molecular formula is C15H21NO. The number of hydrogen-bond acceptors (Lipinski definition) is 2. The summed E-state index contributed by atoms with van der Waals surface area (Å²) in [4.78, 5) is 13.4. The molecule has 1 aliphatic heterocycles. The zero-order valence-electron chi connectivity index (χ0n) is 10.8. The lowest BCUT2D eigenvalue weighted by Crippen LogP contribution is -2.35. The Labute approximate surface area is 104 Å². The van der Waals surface area contributed by atoms with Gasteiger partial charge in [0.1, 0.15) is 6.29 Å². The molecular weight excluding hydrogens is 210 g/mol. The molecule has 0 fully saturated rings. The number of carbonyl (C=O) groups excluding carboxylic acids is 1. The Balaban J connectivity index is 2.26. The highest BCUT2D eigenvalue weighted by atomic mass is 16.1. The third-order valence-electron chi connectivity index (χ3n) is 3.37. The van der Waals surface area contributed by atoms with E-state index in [2.05, 4.69) is 29.2 Å². The maximum absolute atomic E-state index is 11.1. The Morgan fingerprint density at radius 2 is 2.06 bits per heavy atom. The Morgan fingerprint density at radius 3 is 2.82 bits per heavy atom. The molecule has 0 spiro atoms. The van der Waals surface area contributed by atoms with Crippen LogP contribution in [0.4, 0.5) is 5.69 Å². The van der Waals surface area contributed by atoms with Gasteiger partial charge in [-0.2, -0.15) is 0 Å². The van der Waals surface area contributed by atoms with Crippen LogP contribution in [0, 0.1) is 5.41 Å². The SMILES string of the molecule is CC(C)(C=O)CN1CCCCc2ccccc21. The molecule has 92 valence electrons. The lowest BCUT2D eigenvalue weighted by molar-refractivity contribution is -0.114. The quantitative estimate of drug-likeness (QED) is 0.745. The molecule has 0 atom stereocenters. The third-order valence-corrected chi connectivity index (χ3v) is 3.37. The largest absolute Gasteiger partial charge is 0.370 e. The predicted octanol–water partition coefficient (Wildman–Crippen LogP) is 3.05. The Hall–Kier alpha value is -1.31. The van der Waals surface area contributed by atoms with Crippen LogP contribution in [0.2, 0.25) is 0 Å². The van der Waals surface area contributed by atoms with Crippen molar-refractivity contribution < 1.29 is 4.79 Å². The number of anilines is 1. The van der Waals surface area contributed by atoms with Crippen molar-refractivity contribution in [3.05, 3.63) is 29.8 Å². The van der Waals surface area contributed by atoms with Crippen molar-refractivity contribution >= 4 is 12.0 Å². The topological polar surface area (TPSA) is 20.3 Å². The van der Waals surface area contributed by atoms with E-state index in [1.54, 1.807) is 0 Å². The van der Waals surface area contributed by atoms with Crippen molar-refractivity contribution in [2.75, 3.05) is 18.0 Å². The number of fused-ring (bicyclic) bond motifs is 1. The van der Waals surface area contributed by atoms with E-state index in [0.717, 1.165) is 25.8 Å². The lowest BCUT2D eigenvalue weighted by atomic mass is 9.94. The van der Waals surface area contributed by atoms with Gasteiger partial charge in [0.2, 0.25) is 0 Å². The van der Waals surface area contributed by atoms with Gasteiger partial charge in [-0.3, -0.25) is 0 Å². The number of aryl methyl sites for hydroxylation is 1. The van der Waals surface area contributed by atoms with Crippen molar-refractivity contribution in [2.24, 2.45) is 5.41 Å². The summed E-state index contributed by atoms with van der Waals surface area (Å²) in [6, 6.07) is 8.58. The van der Waals surface area contributed by atoms with Crippen LogP contribution in [-0.2, 0) is 11.2 Å². The molecule has 17 heavy (non-hydrogen) atoms. The van der Waals surface area contributed by atoms with Gasteiger partial charge in [0.15, 0.2) is 0 Å². The standard InChI is InChI=1S/C15H21NO/c1-15(2,12-17)11-16-10-6-5-8-13-7-3-4-9-14(13)16/h3-4,7,9,12H,5-6,8,10-11H2,1-2H3. The first-order valence-corrected chi connectivity index (χ1v) is 6.41.